The van der Waals surface area contributed by atoms with Crippen LogP contribution in [0.3, 0.4) is 0 Å². The molecule has 1 atom stereocenters. The molecule has 1 aromatic rings. The molecule has 2 rings (SSSR count). The summed E-state index contributed by atoms with van der Waals surface area (Å²) in [5.41, 5.74) is 6.84. The van der Waals surface area contributed by atoms with Crippen LogP contribution in [0.15, 0.2) is 18.2 Å². The molecule has 3 nitrogen and oxygen atoms in total. The van der Waals surface area contributed by atoms with Crippen LogP contribution < -0.4 is 5.73 Å². The lowest BCUT2D eigenvalue weighted by Crippen LogP contribution is -2.37. The number of benzene rings is 1. The van der Waals surface area contributed by atoms with Gasteiger partial charge >= 0.3 is 0 Å². The molecule has 1 saturated heterocycles. The third-order valence-electron chi connectivity index (χ3n) is 4.31. The normalized spacial score (nSPS) is 19.3. The minimum absolute atomic E-state index is 0.216. The number of halogens is 1. The first-order chi connectivity index (χ1) is 10.0. The van der Waals surface area contributed by atoms with E-state index in [1.165, 1.54) is 6.07 Å². The lowest BCUT2D eigenvalue weighted by molar-refractivity contribution is 0.208. The predicted molar refractivity (Wildman–Crippen MR) is 88.9 cm³/mol. The fourth-order valence-corrected chi connectivity index (χ4v) is 3.19. The Hall–Kier alpha value is -1.04. The molecule has 0 amide bonds. The fourth-order valence-electron chi connectivity index (χ4n) is 3.06. The molecule has 0 aromatic heterocycles. The average molecular weight is 309 g/mol. The van der Waals surface area contributed by atoms with Gasteiger partial charge < -0.3 is 5.73 Å². The summed E-state index contributed by atoms with van der Waals surface area (Å²) in [4.78, 5) is 5.04. The molecule has 1 aromatic carbocycles. The summed E-state index contributed by atoms with van der Waals surface area (Å²) < 4.78 is 14.1. The second-order valence-electron chi connectivity index (χ2n) is 5.57. The maximum atomic E-state index is 14.1. The van der Waals surface area contributed by atoms with E-state index >= 15 is 0 Å². The zero-order valence-corrected chi connectivity index (χ0v) is 13.6. The van der Waals surface area contributed by atoms with Gasteiger partial charge in [0.1, 0.15) is 10.8 Å². The van der Waals surface area contributed by atoms with Crippen molar-refractivity contribution in [1.29, 1.82) is 0 Å². The molecule has 1 fully saturated rings. The zero-order chi connectivity index (χ0) is 15.4. The van der Waals surface area contributed by atoms with Crippen molar-refractivity contribution in [3.05, 3.63) is 35.1 Å². The smallest absolute Gasteiger partial charge is 0.128 e. The maximum absolute atomic E-state index is 14.1. The molecule has 21 heavy (non-hydrogen) atoms. The number of hydrogen-bond acceptors (Lipinski definition) is 3. The lowest BCUT2D eigenvalue weighted by atomic mass is 10.1. The number of nitrogens with zero attached hydrogens (tertiary/aromatic N) is 2. The second kappa shape index (κ2) is 7.29. The van der Waals surface area contributed by atoms with E-state index < -0.39 is 0 Å². The highest BCUT2D eigenvalue weighted by atomic mass is 32.1. The summed E-state index contributed by atoms with van der Waals surface area (Å²) in [6, 6.07) is 5.64. The minimum atomic E-state index is -0.216. The number of likely N-dealkylation sites (tertiary alicyclic amines) is 1. The Labute approximate surface area is 131 Å². The summed E-state index contributed by atoms with van der Waals surface area (Å²) in [6.45, 7) is 9.23. The van der Waals surface area contributed by atoms with Crippen molar-refractivity contribution in [2.45, 2.75) is 32.9 Å². The van der Waals surface area contributed by atoms with Crippen LogP contribution in [-0.2, 0) is 6.54 Å². The Bertz CT molecular complexity index is 502. The van der Waals surface area contributed by atoms with Crippen LogP contribution in [0.2, 0.25) is 0 Å². The summed E-state index contributed by atoms with van der Waals surface area (Å²) >= 11 is 4.87. The first kappa shape index (κ1) is 16.3. The molecular formula is C16H24FN3S. The maximum Gasteiger partial charge on any atom is 0.128 e. The van der Waals surface area contributed by atoms with Crippen molar-refractivity contribution >= 4 is 17.2 Å². The summed E-state index contributed by atoms with van der Waals surface area (Å²) in [5.74, 6) is -0.216. The third kappa shape index (κ3) is 3.99. The minimum Gasteiger partial charge on any atom is -0.389 e. The van der Waals surface area contributed by atoms with Gasteiger partial charge in [0, 0.05) is 36.8 Å². The van der Waals surface area contributed by atoms with Crippen LogP contribution in [0.5, 0.6) is 0 Å². The molecule has 0 radical (unpaired) electrons. The van der Waals surface area contributed by atoms with Crippen LogP contribution in [0, 0.1) is 5.82 Å². The zero-order valence-electron chi connectivity index (χ0n) is 12.8. The van der Waals surface area contributed by atoms with E-state index in [4.69, 9.17) is 18.0 Å². The second-order valence-corrected chi connectivity index (χ2v) is 6.01. The van der Waals surface area contributed by atoms with Gasteiger partial charge in [-0.05, 0) is 25.6 Å². The van der Waals surface area contributed by atoms with Crippen molar-refractivity contribution < 1.29 is 4.39 Å². The van der Waals surface area contributed by atoms with E-state index in [9.17, 15) is 4.39 Å². The van der Waals surface area contributed by atoms with E-state index in [-0.39, 0.29) is 10.8 Å². The lowest BCUT2D eigenvalue weighted by Gasteiger charge is -2.26. The van der Waals surface area contributed by atoms with Gasteiger partial charge in [0.15, 0.2) is 0 Å². The van der Waals surface area contributed by atoms with Crippen molar-refractivity contribution in [1.82, 2.24) is 9.80 Å². The Morgan fingerprint density at radius 2 is 2.14 bits per heavy atom. The Kier molecular flexibility index (Phi) is 5.67. The van der Waals surface area contributed by atoms with E-state index in [1.807, 2.05) is 0 Å². The van der Waals surface area contributed by atoms with E-state index in [0.717, 1.165) is 38.2 Å². The van der Waals surface area contributed by atoms with Crippen molar-refractivity contribution in [2.24, 2.45) is 5.73 Å². The molecular weight excluding hydrogens is 285 g/mol. The Morgan fingerprint density at radius 3 is 2.71 bits per heavy atom. The first-order valence-corrected chi connectivity index (χ1v) is 8.00. The van der Waals surface area contributed by atoms with Crippen molar-refractivity contribution in [3.8, 4) is 0 Å². The van der Waals surface area contributed by atoms with E-state index in [2.05, 4.69) is 23.6 Å². The molecule has 116 valence electrons. The van der Waals surface area contributed by atoms with Crippen LogP contribution in [0.25, 0.3) is 0 Å². The van der Waals surface area contributed by atoms with Gasteiger partial charge in [0.25, 0.3) is 0 Å². The largest absolute Gasteiger partial charge is 0.389 e. The topological polar surface area (TPSA) is 32.5 Å². The molecule has 5 heteroatoms. The van der Waals surface area contributed by atoms with Gasteiger partial charge in [-0.15, -0.1) is 0 Å². The summed E-state index contributed by atoms with van der Waals surface area (Å²) in [7, 11) is 0. The van der Waals surface area contributed by atoms with Crippen molar-refractivity contribution in [2.75, 3.05) is 26.2 Å². The average Bonchev–Trinajstić information content (AvgIpc) is 2.91. The van der Waals surface area contributed by atoms with Crippen molar-refractivity contribution in [3.63, 3.8) is 0 Å². The molecule has 2 N–H and O–H groups in total. The monoisotopic (exact) mass is 309 g/mol. The van der Waals surface area contributed by atoms with Gasteiger partial charge in [0.05, 0.1) is 0 Å². The highest BCUT2D eigenvalue weighted by molar-refractivity contribution is 7.80. The predicted octanol–water partition coefficient (Wildman–Crippen LogP) is 2.38. The fraction of sp³-hybridized carbons (Fsp3) is 0.562. The molecule has 1 heterocycles. The van der Waals surface area contributed by atoms with E-state index in [1.54, 1.807) is 12.1 Å². The van der Waals surface area contributed by atoms with Gasteiger partial charge in [-0.25, -0.2) is 4.39 Å². The standard InChI is InChI=1S/C16H24FN3S/c1-3-20(4-2)14-7-8-19(11-14)10-13-6-5-12(16(18)21)9-15(13)17/h5-6,9,14H,3-4,7-8,10-11H2,1-2H3,(H2,18,21). The molecule has 1 aliphatic heterocycles. The third-order valence-corrected chi connectivity index (χ3v) is 4.54. The van der Waals surface area contributed by atoms with Gasteiger partial charge in [-0.2, -0.15) is 0 Å². The molecule has 0 saturated carbocycles. The van der Waals surface area contributed by atoms with Crippen LogP contribution in [0.4, 0.5) is 4.39 Å². The van der Waals surface area contributed by atoms with Crippen LogP contribution in [-0.4, -0.2) is 47.0 Å². The molecule has 1 aliphatic rings. The number of hydrogen-bond donors (Lipinski definition) is 1. The highest BCUT2D eigenvalue weighted by Crippen LogP contribution is 2.20. The van der Waals surface area contributed by atoms with Crippen LogP contribution >= 0.6 is 12.2 Å². The number of likely N-dealkylation sites (N-methyl/N-ethyl adjacent to an activating group) is 1. The Balaban J connectivity index is 1.98. The quantitative estimate of drug-likeness (QED) is 0.818. The van der Waals surface area contributed by atoms with Gasteiger partial charge in [0.2, 0.25) is 0 Å². The number of thiocarbonyl (C=S) groups is 1. The molecule has 0 bridgehead atoms. The number of rotatable bonds is 6. The first-order valence-electron chi connectivity index (χ1n) is 7.59. The number of nitrogens with two attached hydrogens (primary N) is 1. The van der Waals surface area contributed by atoms with Gasteiger partial charge in [-0.3, -0.25) is 9.80 Å². The SMILES string of the molecule is CCN(CC)C1CCN(Cc2ccc(C(N)=S)cc2F)C1. The van der Waals surface area contributed by atoms with E-state index in [0.29, 0.717) is 18.2 Å². The van der Waals surface area contributed by atoms with Gasteiger partial charge in [-0.1, -0.05) is 38.2 Å². The summed E-state index contributed by atoms with van der Waals surface area (Å²) in [5, 5.41) is 0. The molecule has 0 spiro atoms. The summed E-state index contributed by atoms with van der Waals surface area (Å²) in [6.07, 6.45) is 1.16. The van der Waals surface area contributed by atoms with Crippen LogP contribution in [0.1, 0.15) is 31.4 Å². The molecule has 0 aliphatic carbocycles. The Morgan fingerprint density at radius 1 is 1.43 bits per heavy atom. The molecule has 1 unspecified atom stereocenters. The highest BCUT2D eigenvalue weighted by Gasteiger charge is 2.26.